The van der Waals surface area contributed by atoms with Crippen molar-refractivity contribution in [1.82, 2.24) is 4.72 Å². The van der Waals surface area contributed by atoms with Gasteiger partial charge in [-0.1, -0.05) is 13.8 Å². The molecular formula is C7H15NOS. The van der Waals surface area contributed by atoms with E-state index in [1.54, 1.807) is 0 Å². The van der Waals surface area contributed by atoms with E-state index in [0.29, 0.717) is 12.0 Å². The van der Waals surface area contributed by atoms with Gasteiger partial charge in [0.25, 0.3) is 0 Å². The summed E-state index contributed by atoms with van der Waals surface area (Å²) in [4.78, 5) is 0. The highest BCUT2D eigenvalue weighted by Crippen LogP contribution is 2.13. The SMILES string of the molecule is CC(C)C1CCCS(=O)N1. The van der Waals surface area contributed by atoms with Gasteiger partial charge in [-0.15, -0.1) is 0 Å². The molecule has 1 rings (SSSR count). The van der Waals surface area contributed by atoms with E-state index >= 15 is 0 Å². The molecule has 10 heavy (non-hydrogen) atoms. The predicted molar refractivity (Wildman–Crippen MR) is 44.0 cm³/mol. The van der Waals surface area contributed by atoms with Gasteiger partial charge in [-0.25, -0.2) is 8.93 Å². The lowest BCUT2D eigenvalue weighted by atomic mass is 10.0. The lowest BCUT2D eigenvalue weighted by Gasteiger charge is -2.25. The van der Waals surface area contributed by atoms with Crippen LogP contribution in [0.3, 0.4) is 0 Å². The Morgan fingerprint density at radius 3 is 2.70 bits per heavy atom. The third-order valence-corrected chi connectivity index (χ3v) is 3.16. The molecule has 2 atom stereocenters. The number of hydrogen-bond donors (Lipinski definition) is 1. The Kier molecular flexibility index (Phi) is 2.86. The number of hydrogen-bond acceptors (Lipinski definition) is 1. The second-order valence-corrected chi connectivity index (χ2v) is 4.50. The lowest BCUT2D eigenvalue weighted by molar-refractivity contribution is 0.418. The van der Waals surface area contributed by atoms with Gasteiger partial charge in [0.2, 0.25) is 0 Å². The molecule has 0 saturated carbocycles. The maximum absolute atomic E-state index is 11.0. The van der Waals surface area contributed by atoms with Gasteiger partial charge >= 0.3 is 0 Å². The standard InChI is InChI=1S/C7H15NOS/c1-6(2)7-4-3-5-10(9)8-7/h6-8H,3-5H2,1-2H3. The monoisotopic (exact) mass is 161 g/mol. The summed E-state index contributed by atoms with van der Waals surface area (Å²) in [6.07, 6.45) is 2.30. The fourth-order valence-corrected chi connectivity index (χ4v) is 2.46. The maximum atomic E-state index is 11.0. The van der Waals surface area contributed by atoms with Crippen molar-refractivity contribution in [2.45, 2.75) is 32.7 Å². The minimum Gasteiger partial charge on any atom is -0.243 e. The molecule has 0 spiro atoms. The summed E-state index contributed by atoms with van der Waals surface area (Å²) in [5.74, 6) is 1.45. The Morgan fingerprint density at radius 1 is 1.60 bits per heavy atom. The van der Waals surface area contributed by atoms with Crippen LogP contribution in [-0.4, -0.2) is 16.0 Å². The minimum atomic E-state index is -0.741. The summed E-state index contributed by atoms with van der Waals surface area (Å²) in [6.45, 7) is 4.33. The summed E-state index contributed by atoms with van der Waals surface area (Å²) in [5, 5.41) is 0. The predicted octanol–water partition coefficient (Wildman–Crippen LogP) is 1.06. The average Bonchev–Trinajstić information content (AvgIpc) is 1.88. The molecule has 0 aliphatic carbocycles. The molecule has 1 N–H and O–H groups in total. The molecule has 1 heterocycles. The molecule has 0 aromatic carbocycles. The van der Waals surface area contributed by atoms with Gasteiger partial charge in [-0.05, 0) is 18.8 Å². The summed E-state index contributed by atoms with van der Waals surface area (Å²) in [7, 11) is -0.741. The van der Waals surface area contributed by atoms with Gasteiger partial charge in [0.15, 0.2) is 0 Å². The highest BCUT2D eigenvalue weighted by Gasteiger charge is 2.19. The Bertz CT molecular complexity index is 136. The fraction of sp³-hybridized carbons (Fsp3) is 1.00. The molecule has 0 aromatic rings. The molecule has 1 fully saturated rings. The molecular weight excluding hydrogens is 146 g/mol. The smallest absolute Gasteiger partial charge is 0.0917 e. The summed E-state index contributed by atoms with van der Waals surface area (Å²) in [5.41, 5.74) is 0. The number of nitrogens with one attached hydrogen (secondary N) is 1. The van der Waals surface area contributed by atoms with Crippen molar-refractivity contribution < 1.29 is 4.21 Å². The zero-order valence-electron chi connectivity index (χ0n) is 6.59. The van der Waals surface area contributed by atoms with Crippen molar-refractivity contribution in [2.24, 2.45) is 5.92 Å². The Morgan fingerprint density at radius 2 is 2.30 bits per heavy atom. The third kappa shape index (κ3) is 2.06. The molecule has 1 aliphatic heterocycles. The minimum absolute atomic E-state index is 0.481. The second-order valence-electron chi connectivity index (χ2n) is 3.16. The highest BCUT2D eigenvalue weighted by atomic mass is 32.2. The van der Waals surface area contributed by atoms with Crippen LogP contribution in [0.2, 0.25) is 0 Å². The molecule has 0 radical (unpaired) electrons. The van der Waals surface area contributed by atoms with Crippen LogP contribution in [0, 0.1) is 5.92 Å². The first kappa shape index (κ1) is 8.21. The second kappa shape index (κ2) is 3.49. The largest absolute Gasteiger partial charge is 0.243 e. The van der Waals surface area contributed by atoms with Gasteiger partial charge in [0, 0.05) is 11.8 Å². The molecule has 0 aromatic heterocycles. The topological polar surface area (TPSA) is 29.1 Å². The molecule has 60 valence electrons. The van der Waals surface area contributed by atoms with Crippen LogP contribution in [-0.2, 0) is 11.0 Å². The summed E-state index contributed by atoms with van der Waals surface area (Å²) in [6, 6.07) is 0.481. The van der Waals surface area contributed by atoms with Crippen LogP contribution in [0.1, 0.15) is 26.7 Å². The van der Waals surface area contributed by atoms with Crippen molar-refractivity contribution in [1.29, 1.82) is 0 Å². The molecule has 3 heteroatoms. The van der Waals surface area contributed by atoms with E-state index < -0.39 is 11.0 Å². The molecule has 1 aliphatic rings. The normalized spacial score (nSPS) is 34.7. The van der Waals surface area contributed by atoms with E-state index in [1.807, 2.05) is 0 Å². The van der Waals surface area contributed by atoms with Crippen molar-refractivity contribution >= 4 is 11.0 Å². The van der Waals surface area contributed by atoms with Crippen molar-refractivity contribution in [2.75, 3.05) is 5.75 Å². The molecule has 2 unspecified atom stereocenters. The van der Waals surface area contributed by atoms with Crippen molar-refractivity contribution in [3.63, 3.8) is 0 Å². The van der Waals surface area contributed by atoms with E-state index in [4.69, 9.17) is 0 Å². The Balaban J connectivity index is 2.39. The average molecular weight is 161 g/mol. The first-order valence-electron chi connectivity index (χ1n) is 3.84. The van der Waals surface area contributed by atoms with E-state index in [2.05, 4.69) is 18.6 Å². The Hall–Kier alpha value is 0.110. The van der Waals surface area contributed by atoms with Crippen LogP contribution < -0.4 is 4.72 Å². The first-order chi connectivity index (χ1) is 4.70. The van der Waals surface area contributed by atoms with Gasteiger partial charge in [0.05, 0.1) is 11.0 Å². The third-order valence-electron chi connectivity index (χ3n) is 1.93. The van der Waals surface area contributed by atoms with E-state index in [1.165, 1.54) is 6.42 Å². The zero-order chi connectivity index (χ0) is 7.56. The Labute approximate surface area is 65.0 Å². The quantitative estimate of drug-likeness (QED) is 0.612. The fourth-order valence-electron chi connectivity index (χ4n) is 1.19. The lowest BCUT2D eigenvalue weighted by Crippen LogP contribution is -2.40. The van der Waals surface area contributed by atoms with Gasteiger partial charge < -0.3 is 0 Å². The molecule has 1 saturated heterocycles. The van der Waals surface area contributed by atoms with Crippen LogP contribution in [0.4, 0.5) is 0 Å². The maximum Gasteiger partial charge on any atom is 0.0917 e. The summed E-state index contributed by atoms with van der Waals surface area (Å²) < 4.78 is 14.1. The zero-order valence-corrected chi connectivity index (χ0v) is 7.41. The van der Waals surface area contributed by atoms with Gasteiger partial charge in [-0.3, -0.25) is 0 Å². The van der Waals surface area contributed by atoms with Crippen molar-refractivity contribution in [3.8, 4) is 0 Å². The molecule has 0 bridgehead atoms. The first-order valence-corrected chi connectivity index (χ1v) is 5.16. The molecule has 2 nitrogen and oxygen atoms in total. The highest BCUT2D eigenvalue weighted by molar-refractivity contribution is 7.83. The van der Waals surface area contributed by atoms with E-state index in [0.717, 1.165) is 12.2 Å². The van der Waals surface area contributed by atoms with Crippen LogP contribution >= 0.6 is 0 Å². The summed E-state index contributed by atoms with van der Waals surface area (Å²) >= 11 is 0. The van der Waals surface area contributed by atoms with Crippen LogP contribution in [0.5, 0.6) is 0 Å². The van der Waals surface area contributed by atoms with E-state index in [9.17, 15) is 4.21 Å². The number of rotatable bonds is 1. The van der Waals surface area contributed by atoms with Crippen molar-refractivity contribution in [3.05, 3.63) is 0 Å². The van der Waals surface area contributed by atoms with Crippen LogP contribution in [0.15, 0.2) is 0 Å². The van der Waals surface area contributed by atoms with Gasteiger partial charge in [-0.2, -0.15) is 0 Å². The van der Waals surface area contributed by atoms with E-state index in [-0.39, 0.29) is 0 Å². The van der Waals surface area contributed by atoms with Gasteiger partial charge in [0.1, 0.15) is 0 Å². The molecule has 0 amide bonds. The van der Waals surface area contributed by atoms with Crippen LogP contribution in [0.25, 0.3) is 0 Å².